The first-order valence-electron chi connectivity index (χ1n) is 0.894. The van der Waals surface area contributed by atoms with Crippen molar-refractivity contribution >= 4 is 32.1 Å². The van der Waals surface area contributed by atoms with Crippen molar-refractivity contribution < 1.29 is 56.2 Å². The Kier molecular flexibility index (Phi) is 25.0. The second kappa shape index (κ2) is 8.86. The summed E-state index contributed by atoms with van der Waals surface area (Å²) in [5, 5.41) is 0. The molecule has 0 saturated carbocycles. The largest absolute Gasteiger partial charge is 2.00 e. The fourth-order valence-electron chi connectivity index (χ4n) is 0. The van der Waals surface area contributed by atoms with E-state index in [-0.39, 0.29) is 60.0 Å². The van der Waals surface area contributed by atoms with Gasteiger partial charge in [-0.15, -0.1) is 0 Å². The molecule has 0 aromatic carbocycles. The van der Waals surface area contributed by atoms with Crippen LogP contribution in [0.25, 0.3) is 0 Å². The van der Waals surface area contributed by atoms with Gasteiger partial charge in [0.2, 0.25) is 0 Å². The van der Waals surface area contributed by atoms with Gasteiger partial charge in [0, 0.05) is 34.1 Å². The van der Waals surface area contributed by atoms with Crippen LogP contribution in [-0.2, 0) is 34.1 Å². The Hall–Kier alpha value is 1.86. The number of hydrogen-bond donors (Lipinski definition) is 4. The summed E-state index contributed by atoms with van der Waals surface area (Å²) in [5.41, 5.74) is 0. The zero-order valence-electron chi connectivity index (χ0n) is 5.65. The van der Waals surface area contributed by atoms with Crippen molar-refractivity contribution in [2.45, 2.75) is 0 Å². The summed E-state index contributed by atoms with van der Waals surface area (Å²) in [6.07, 6.45) is 0. The van der Waals surface area contributed by atoms with E-state index < -0.39 is 9.05 Å². The zero-order chi connectivity index (χ0) is 4.50. The van der Waals surface area contributed by atoms with Crippen molar-refractivity contribution in [2.24, 2.45) is 0 Å². The van der Waals surface area contributed by atoms with Gasteiger partial charge in [0.1, 0.15) is 0 Å². The topological polar surface area (TPSA) is 80.9 Å². The number of hydrogen-bond acceptors (Lipinski definition) is 4. The maximum absolute atomic E-state index is 7.33. The molecule has 0 heterocycles. The summed E-state index contributed by atoms with van der Waals surface area (Å²) in [6.45, 7) is 0. The Morgan fingerprint density at radius 2 is 1.00 bits per heavy atom. The van der Waals surface area contributed by atoms with Crippen molar-refractivity contribution in [3.05, 3.63) is 0 Å². The molecule has 0 unspecified atom stereocenters. The molecule has 0 fully saturated rings. The van der Waals surface area contributed by atoms with Gasteiger partial charge >= 0.3 is 32.1 Å². The predicted molar refractivity (Wildman–Crippen MR) is 22.6 cm³/mol. The van der Waals surface area contributed by atoms with E-state index in [0.29, 0.717) is 0 Å². The van der Waals surface area contributed by atoms with E-state index in [4.69, 9.17) is 19.2 Å². The van der Waals surface area contributed by atoms with Crippen LogP contribution < -0.4 is 0 Å². The smallest absolute Gasteiger partial charge is 1.00 e. The summed E-state index contributed by atoms with van der Waals surface area (Å²) in [6, 6.07) is 0. The van der Waals surface area contributed by atoms with Crippen LogP contribution in [0, 0.1) is 0 Å². The fraction of sp³-hybridized carbons (Fsp3) is 0. The van der Waals surface area contributed by atoms with Gasteiger partial charge in [0.15, 0.2) is 0 Å². The molecule has 0 bridgehead atoms. The third-order valence-electron chi connectivity index (χ3n) is 0. The molecule has 4 nitrogen and oxygen atoms in total. The minimum atomic E-state index is -4.61. The Bertz CT molecular complexity index is 38.7. The van der Waals surface area contributed by atoms with Gasteiger partial charge in [-0.1, -0.05) is 0 Å². The molecular formula is H6CuFeMgO4Si. The first-order valence-corrected chi connectivity index (χ1v) is 2.68. The average Bonchev–Trinajstić information content (AvgIpc) is 0.722. The molecule has 1 radical (unpaired) electrons. The van der Waals surface area contributed by atoms with Crippen LogP contribution in [0.3, 0.4) is 0 Å². The Balaban J connectivity index is -0.00000000800. The molecule has 0 aliphatic carbocycles. The summed E-state index contributed by atoms with van der Waals surface area (Å²) in [5.74, 6) is 0. The maximum Gasteiger partial charge on any atom is 2.00 e. The van der Waals surface area contributed by atoms with Crippen molar-refractivity contribution in [1.29, 1.82) is 0 Å². The van der Waals surface area contributed by atoms with Crippen molar-refractivity contribution in [3.8, 4) is 0 Å². The molecule has 0 amide bonds. The van der Waals surface area contributed by atoms with Gasteiger partial charge in [-0.25, -0.2) is 0 Å². The quantitative estimate of drug-likeness (QED) is 0.346. The van der Waals surface area contributed by atoms with Gasteiger partial charge < -0.3 is 22.0 Å². The van der Waals surface area contributed by atoms with E-state index >= 15 is 0 Å². The fourth-order valence-corrected chi connectivity index (χ4v) is 0. The summed E-state index contributed by atoms with van der Waals surface area (Å²) >= 11 is 0. The summed E-state index contributed by atoms with van der Waals surface area (Å²) in [7, 11) is -4.61. The van der Waals surface area contributed by atoms with Crippen molar-refractivity contribution in [1.82, 2.24) is 0 Å². The van der Waals surface area contributed by atoms with Crippen LogP contribution in [0.5, 0.6) is 0 Å². The molecule has 8 heteroatoms. The molecular weight excluding hydrogens is 236 g/mol. The van der Waals surface area contributed by atoms with Gasteiger partial charge in [0.25, 0.3) is 0 Å². The molecule has 0 aliphatic rings. The van der Waals surface area contributed by atoms with Gasteiger partial charge in [-0.05, 0) is 0 Å². The van der Waals surface area contributed by atoms with E-state index in [1.165, 1.54) is 0 Å². The van der Waals surface area contributed by atoms with Crippen molar-refractivity contribution in [3.63, 3.8) is 0 Å². The summed E-state index contributed by atoms with van der Waals surface area (Å²) < 4.78 is 0. The van der Waals surface area contributed by atoms with E-state index in [0.717, 1.165) is 0 Å². The SMILES string of the molecule is O[Si](O)(O)O.[Cu].[Fe].[H-].[H-].[Mg+2]. The van der Waals surface area contributed by atoms with E-state index in [1.54, 1.807) is 0 Å². The van der Waals surface area contributed by atoms with Gasteiger partial charge in [0.05, 0.1) is 0 Å². The molecule has 0 saturated heterocycles. The minimum absolute atomic E-state index is 0. The first kappa shape index (κ1) is 22.5. The normalized spacial score (nSPS) is 7.50. The van der Waals surface area contributed by atoms with Crippen LogP contribution in [0.2, 0.25) is 0 Å². The van der Waals surface area contributed by atoms with E-state index in [2.05, 4.69) is 0 Å². The molecule has 0 aliphatic heterocycles. The molecule has 55 valence electrons. The van der Waals surface area contributed by atoms with Gasteiger partial charge in [-0.2, -0.15) is 0 Å². The molecule has 0 rings (SSSR count). The third-order valence-corrected chi connectivity index (χ3v) is 0. The Morgan fingerprint density at radius 1 is 1.00 bits per heavy atom. The summed E-state index contributed by atoms with van der Waals surface area (Å²) in [4.78, 5) is 29.3. The molecule has 4 N–H and O–H groups in total. The van der Waals surface area contributed by atoms with Crippen LogP contribution in [0.1, 0.15) is 2.85 Å². The van der Waals surface area contributed by atoms with Crippen LogP contribution >= 0.6 is 0 Å². The Labute approximate surface area is 87.9 Å². The minimum Gasteiger partial charge on any atom is -1.00 e. The monoisotopic (exact) mass is 241 g/mol. The first-order chi connectivity index (χ1) is 2.00. The average molecular weight is 242 g/mol. The second-order valence-corrected chi connectivity index (χ2v) is 1.80. The molecule has 0 atom stereocenters. The van der Waals surface area contributed by atoms with E-state index in [1.807, 2.05) is 0 Å². The maximum atomic E-state index is 7.33. The second-order valence-electron chi connectivity index (χ2n) is 0.600. The Morgan fingerprint density at radius 3 is 1.00 bits per heavy atom. The molecule has 0 spiro atoms. The number of rotatable bonds is 0. The van der Waals surface area contributed by atoms with Gasteiger partial charge in [-0.3, -0.25) is 0 Å². The predicted octanol–water partition coefficient (Wildman–Crippen LogP) is -2.77. The zero-order valence-corrected chi connectivity index (χ0v) is 8.11. The van der Waals surface area contributed by atoms with E-state index in [9.17, 15) is 0 Å². The molecule has 0 aromatic heterocycles. The van der Waals surface area contributed by atoms with Crippen LogP contribution in [0.15, 0.2) is 0 Å². The van der Waals surface area contributed by atoms with Crippen molar-refractivity contribution in [2.75, 3.05) is 0 Å². The van der Waals surface area contributed by atoms with Crippen LogP contribution in [0.4, 0.5) is 0 Å². The van der Waals surface area contributed by atoms with Crippen LogP contribution in [-0.4, -0.2) is 51.3 Å². The molecule has 8 heavy (non-hydrogen) atoms. The third kappa shape index (κ3) is 107. The molecule has 0 aromatic rings. The standard InChI is InChI=1S/Cu.Fe.Mg.H4O4Si.2H/c;;;1-5(2,3)4;;/h;;;1-4H;;/q;;+2;;2*-1.